The number of nitrogens with one attached hydrogen (secondary N) is 1. The minimum atomic E-state index is 0.104. The Labute approximate surface area is 107 Å². The van der Waals surface area contributed by atoms with E-state index in [1.807, 2.05) is 13.1 Å². The molecule has 1 saturated heterocycles. The molecule has 1 aromatic rings. The summed E-state index contributed by atoms with van der Waals surface area (Å²) in [6, 6.07) is 6.62. The van der Waals surface area contributed by atoms with E-state index in [1.54, 1.807) is 4.90 Å². The van der Waals surface area contributed by atoms with Crippen molar-refractivity contribution in [3.8, 4) is 0 Å². The first-order valence-electron chi connectivity index (χ1n) is 6.39. The van der Waals surface area contributed by atoms with Gasteiger partial charge in [-0.05, 0) is 24.1 Å². The van der Waals surface area contributed by atoms with Crippen LogP contribution in [0.25, 0.3) is 0 Å². The average Bonchev–Trinajstić information content (AvgIpc) is 2.65. The van der Waals surface area contributed by atoms with Crippen molar-refractivity contribution in [3.05, 3.63) is 29.3 Å². The normalized spacial score (nSPS) is 27.4. The number of carbonyl (C=O) groups excluding carboxylic acids is 1. The van der Waals surface area contributed by atoms with Gasteiger partial charge in [0.1, 0.15) is 0 Å². The number of nitrogens with zero attached hydrogens (tertiary/aromatic N) is 1. The van der Waals surface area contributed by atoms with Gasteiger partial charge in [-0.15, -0.1) is 0 Å². The minimum Gasteiger partial charge on any atom is -0.371 e. The number of anilines is 1. The molecule has 2 aliphatic heterocycles. The van der Waals surface area contributed by atoms with Crippen molar-refractivity contribution < 1.29 is 9.53 Å². The van der Waals surface area contributed by atoms with Crippen LogP contribution in [-0.2, 0) is 16.0 Å². The van der Waals surface area contributed by atoms with E-state index in [9.17, 15) is 4.79 Å². The minimum absolute atomic E-state index is 0.104. The fourth-order valence-corrected chi connectivity index (χ4v) is 2.59. The summed E-state index contributed by atoms with van der Waals surface area (Å²) >= 11 is 0. The van der Waals surface area contributed by atoms with Gasteiger partial charge in [0.05, 0.1) is 19.1 Å². The van der Waals surface area contributed by atoms with E-state index in [0.717, 1.165) is 30.0 Å². The van der Waals surface area contributed by atoms with Crippen molar-refractivity contribution in [3.63, 3.8) is 0 Å². The summed E-state index contributed by atoms with van der Waals surface area (Å²) in [4.78, 5) is 13.4. The number of fused-ring (bicyclic) bond motifs is 1. The lowest BCUT2D eigenvalue weighted by atomic mass is 10.0. The summed E-state index contributed by atoms with van der Waals surface area (Å²) in [5.41, 5.74) is 3.30. The fourth-order valence-electron chi connectivity index (χ4n) is 2.59. The van der Waals surface area contributed by atoms with Crippen LogP contribution in [-0.4, -0.2) is 32.1 Å². The Morgan fingerprint density at radius 3 is 3.00 bits per heavy atom. The monoisotopic (exact) mass is 246 g/mol. The molecular weight excluding hydrogens is 228 g/mol. The predicted octanol–water partition coefficient (Wildman–Crippen LogP) is 1.25. The van der Waals surface area contributed by atoms with Crippen molar-refractivity contribution in [2.24, 2.45) is 0 Å². The first-order chi connectivity index (χ1) is 8.65. The third-order valence-corrected chi connectivity index (χ3v) is 3.75. The lowest BCUT2D eigenvalue weighted by Gasteiger charge is -2.28. The Morgan fingerprint density at radius 2 is 2.28 bits per heavy atom. The zero-order valence-corrected chi connectivity index (χ0v) is 10.8. The van der Waals surface area contributed by atoms with E-state index >= 15 is 0 Å². The number of hydrogen-bond acceptors (Lipinski definition) is 3. The van der Waals surface area contributed by atoms with E-state index in [1.165, 1.54) is 0 Å². The Morgan fingerprint density at radius 1 is 1.44 bits per heavy atom. The first kappa shape index (κ1) is 11.7. The highest BCUT2D eigenvalue weighted by molar-refractivity contribution is 6.00. The Bertz CT molecular complexity index is 479. The highest BCUT2D eigenvalue weighted by Crippen LogP contribution is 2.31. The van der Waals surface area contributed by atoms with Crippen LogP contribution >= 0.6 is 0 Å². The van der Waals surface area contributed by atoms with Crippen LogP contribution in [0.1, 0.15) is 24.2 Å². The molecule has 0 spiro atoms. The molecule has 1 aromatic carbocycles. The van der Waals surface area contributed by atoms with Gasteiger partial charge < -0.3 is 15.0 Å². The SMILES string of the molecule is CC1COC(c2ccc3c(c2)CC(=O)N3C)CN1. The molecule has 0 aromatic heterocycles. The van der Waals surface area contributed by atoms with E-state index in [2.05, 4.69) is 24.4 Å². The van der Waals surface area contributed by atoms with Gasteiger partial charge in [0.15, 0.2) is 0 Å². The van der Waals surface area contributed by atoms with Gasteiger partial charge in [-0.2, -0.15) is 0 Å². The van der Waals surface area contributed by atoms with Crippen molar-refractivity contribution in [1.29, 1.82) is 0 Å². The van der Waals surface area contributed by atoms with Gasteiger partial charge in [-0.1, -0.05) is 12.1 Å². The maximum absolute atomic E-state index is 11.6. The van der Waals surface area contributed by atoms with E-state index in [4.69, 9.17) is 4.74 Å². The highest BCUT2D eigenvalue weighted by atomic mass is 16.5. The van der Waals surface area contributed by atoms with E-state index < -0.39 is 0 Å². The summed E-state index contributed by atoms with van der Waals surface area (Å²) in [6.07, 6.45) is 0.614. The molecule has 96 valence electrons. The maximum atomic E-state index is 11.6. The number of ether oxygens (including phenoxy) is 1. The summed E-state index contributed by atoms with van der Waals surface area (Å²) in [5, 5.41) is 3.41. The zero-order chi connectivity index (χ0) is 12.7. The molecule has 3 rings (SSSR count). The molecule has 4 heteroatoms. The molecule has 2 atom stereocenters. The molecule has 0 aliphatic carbocycles. The smallest absolute Gasteiger partial charge is 0.231 e. The first-order valence-corrected chi connectivity index (χ1v) is 6.39. The lowest BCUT2D eigenvalue weighted by Crippen LogP contribution is -2.40. The summed E-state index contributed by atoms with van der Waals surface area (Å²) in [6.45, 7) is 3.69. The molecule has 1 fully saturated rings. The molecule has 2 unspecified atom stereocenters. The Balaban J connectivity index is 1.83. The van der Waals surface area contributed by atoms with Crippen LogP contribution in [0.3, 0.4) is 0 Å². The number of benzene rings is 1. The molecule has 2 heterocycles. The van der Waals surface area contributed by atoms with E-state index in [-0.39, 0.29) is 12.0 Å². The third kappa shape index (κ3) is 1.91. The fraction of sp³-hybridized carbons (Fsp3) is 0.500. The largest absolute Gasteiger partial charge is 0.371 e. The Kier molecular flexibility index (Phi) is 2.84. The van der Waals surface area contributed by atoms with E-state index in [0.29, 0.717) is 12.5 Å². The average molecular weight is 246 g/mol. The molecule has 1 N–H and O–H groups in total. The third-order valence-electron chi connectivity index (χ3n) is 3.75. The predicted molar refractivity (Wildman–Crippen MR) is 69.7 cm³/mol. The van der Waals surface area contributed by atoms with Crippen molar-refractivity contribution >= 4 is 11.6 Å². The topological polar surface area (TPSA) is 41.6 Å². The second-order valence-corrected chi connectivity index (χ2v) is 5.15. The summed E-state index contributed by atoms with van der Waals surface area (Å²) < 4.78 is 5.83. The van der Waals surface area contributed by atoms with Crippen molar-refractivity contribution in [2.45, 2.75) is 25.5 Å². The van der Waals surface area contributed by atoms with Crippen molar-refractivity contribution in [2.75, 3.05) is 25.1 Å². The maximum Gasteiger partial charge on any atom is 0.231 e. The standard InChI is InChI=1S/C14H18N2O2/c1-9-8-18-13(7-15-9)10-3-4-12-11(5-10)6-14(17)16(12)2/h3-5,9,13,15H,6-8H2,1-2H3. The molecule has 0 radical (unpaired) electrons. The van der Waals surface area contributed by atoms with Crippen molar-refractivity contribution in [1.82, 2.24) is 5.32 Å². The number of amides is 1. The number of rotatable bonds is 1. The van der Waals surface area contributed by atoms with Crippen LogP contribution in [0.4, 0.5) is 5.69 Å². The summed E-state index contributed by atoms with van der Waals surface area (Å²) in [7, 11) is 1.83. The van der Waals surface area contributed by atoms with Crippen LogP contribution in [0, 0.1) is 0 Å². The molecule has 18 heavy (non-hydrogen) atoms. The van der Waals surface area contributed by atoms with Gasteiger partial charge in [0.2, 0.25) is 5.91 Å². The molecule has 4 nitrogen and oxygen atoms in total. The quantitative estimate of drug-likeness (QED) is 0.811. The van der Waals surface area contributed by atoms with Crippen LogP contribution < -0.4 is 10.2 Å². The zero-order valence-electron chi connectivity index (χ0n) is 10.8. The van der Waals surface area contributed by atoms with Crippen LogP contribution in [0.15, 0.2) is 18.2 Å². The van der Waals surface area contributed by atoms with Crippen LogP contribution in [0.5, 0.6) is 0 Å². The van der Waals surface area contributed by atoms with Gasteiger partial charge in [-0.3, -0.25) is 4.79 Å². The molecular formula is C14H18N2O2. The number of carbonyl (C=O) groups is 1. The van der Waals surface area contributed by atoms with Gasteiger partial charge in [0.25, 0.3) is 0 Å². The number of likely N-dealkylation sites (N-methyl/N-ethyl adjacent to an activating group) is 1. The second kappa shape index (κ2) is 4.37. The lowest BCUT2D eigenvalue weighted by molar-refractivity contribution is -0.117. The van der Waals surface area contributed by atoms with Gasteiger partial charge in [0, 0.05) is 25.3 Å². The summed E-state index contributed by atoms with van der Waals surface area (Å²) in [5.74, 6) is 0.165. The second-order valence-electron chi connectivity index (χ2n) is 5.15. The molecule has 2 aliphatic rings. The van der Waals surface area contributed by atoms with Gasteiger partial charge in [-0.25, -0.2) is 0 Å². The number of morpholine rings is 1. The molecule has 0 saturated carbocycles. The highest BCUT2D eigenvalue weighted by Gasteiger charge is 2.26. The molecule has 0 bridgehead atoms. The Hall–Kier alpha value is -1.39. The molecule has 1 amide bonds. The number of hydrogen-bond donors (Lipinski definition) is 1. The van der Waals surface area contributed by atoms with Crippen LogP contribution in [0.2, 0.25) is 0 Å². The van der Waals surface area contributed by atoms with Gasteiger partial charge >= 0.3 is 0 Å².